The first kappa shape index (κ1) is 16.1. The summed E-state index contributed by atoms with van der Waals surface area (Å²) in [6.07, 6.45) is 5.59. The highest BCUT2D eigenvalue weighted by Gasteiger charge is 2.46. The van der Waals surface area contributed by atoms with E-state index in [-0.39, 0.29) is 6.09 Å². The molecule has 5 nitrogen and oxygen atoms in total. The number of hydrogen-bond acceptors (Lipinski definition) is 4. The molecule has 22 heavy (non-hydrogen) atoms. The first-order valence-corrected chi connectivity index (χ1v) is 8.69. The van der Waals surface area contributed by atoms with E-state index in [0.29, 0.717) is 32.1 Å². The van der Waals surface area contributed by atoms with Crippen LogP contribution in [0, 0.1) is 11.8 Å². The van der Waals surface area contributed by atoms with Crippen LogP contribution in [0.4, 0.5) is 4.79 Å². The van der Waals surface area contributed by atoms with Gasteiger partial charge in [0.15, 0.2) is 0 Å². The quantitative estimate of drug-likeness (QED) is 0.838. The van der Waals surface area contributed by atoms with E-state index in [4.69, 9.17) is 4.74 Å². The van der Waals surface area contributed by atoms with E-state index in [1.165, 1.54) is 25.7 Å². The van der Waals surface area contributed by atoms with Crippen LogP contribution >= 0.6 is 0 Å². The van der Waals surface area contributed by atoms with Gasteiger partial charge in [0.25, 0.3) is 0 Å². The number of β-amino-alcohol motifs (C(OH)–C–C–N with tert-alkyl or cyclic N) is 1. The Morgan fingerprint density at radius 1 is 1.41 bits per heavy atom. The van der Waals surface area contributed by atoms with Gasteiger partial charge < -0.3 is 20.1 Å². The Labute approximate surface area is 133 Å². The van der Waals surface area contributed by atoms with Gasteiger partial charge in [-0.05, 0) is 51.9 Å². The molecule has 0 radical (unpaired) electrons. The van der Waals surface area contributed by atoms with Crippen molar-refractivity contribution in [3.63, 3.8) is 0 Å². The molecule has 2 saturated carbocycles. The molecule has 1 heterocycles. The molecule has 2 unspecified atom stereocenters. The summed E-state index contributed by atoms with van der Waals surface area (Å²) >= 11 is 0. The van der Waals surface area contributed by atoms with Crippen molar-refractivity contribution in [2.75, 3.05) is 19.6 Å². The number of nitrogens with zero attached hydrogens (tertiary/aromatic N) is 1. The average Bonchev–Trinajstić information content (AvgIpc) is 3.10. The first-order chi connectivity index (χ1) is 10.3. The standard InChI is InChI=1S/C17H30N2O3/c1-16(2,3)22-15(20)19-8-7-17(21,11-19)10-18-14-6-4-5-12-9-13(12)14/h12-14,18,21H,4-11H2,1-3H3/t12-,13+,14?,17?/m1/s1. The normalized spacial score (nSPS) is 37.8. The van der Waals surface area contributed by atoms with Crippen LogP contribution in [0.3, 0.4) is 0 Å². The second-order valence-electron chi connectivity index (χ2n) is 8.45. The number of likely N-dealkylation sites (tertiary alicyclic amines) is 1. The molecule has 126 valence electrons. The molecule has 2 N–H and O–H groups in total. The number of hydrogen-bond donors (Lipinski definition) is 2. The monoisotopic (exact) mass is 310 g/mol. The highest BCUT2D eigenvalue weighted by atomic mass is 16.6. The third-order valence-corrected chi connectivity index (χ3v) is 5.26. The zero-order valence-electron chi connectivity index (χ0n) is 14.1. The molecule has 1 amide bonds. The van der Waals surface area contributed by atoms with Crippen molar-refractivity contribution in [2.45, 2.75) is 70.1 Å². The van der Waals surface area contributed by atoms with Gasteiger partial charge in [0.05, 0.1) is 12.1 Å². The third kappa shape index (κ3) is 3.74. The Hall–Kier alpha value is -0.810. The van der Waals surface area contributed by atoms with Gasteiger partial charge in [-0.25, -0.2) is 4.79 Å². The molecule has 1 aliphatic heterocycles. The molecule has 0 aromatic heterocycles. The lowest BCUT2D eigenvalue weighted by atomic mass is 9.94. The summed E-state index contributed by atoms with van der Waals surface area (Å²) in [5.74, 6) is 1.77. The van der Waals surface area contributed by atoms with Crippen molar-refractivity contribution in [1.29, 1.82) is 0 Å². The lowest BCUT2D eigenvalue weighted by Crippen LogP contribution is -2.48. The van der Waals surface area contributed by atoms with Crippen LogP contribution < -0.4 is 5.32 Å². The molecule has 3 rings (SSSR count). The number of nitrogens with one attached hydrogen (secondary N) is 1. The van der Waals surface area contributed by atoms with Crippen molar-refractivity contribution in [2.24, 2.45) is 11.8 Å². The number of aliphatic hydroxyl groups is 1. The van der Waals surface area contributed by atoms with E-state index in [9.17, 15) is 9.90 Å². The molecule has 3 aliphatic rings. The first-order valence-electron chi connectivity index (χ1n) is 8.69. The van der Waals surface area contributed by atoms with Crippen LogP contribution in [0.5, 0.6) is 0 Å². The fraction of sp³-hybridized carbons (Fsp3) is 0.941. The van der Waals surface area contributed by atoms with Crippen LogP contribution in [-0.2, 0) is 4.74 Å². The fourth-order valence-corrected chi connectivity index (χ4v) is 3.97. The Morgan fingerprint density at radius 2 is 2.18 bits per heavy atom. The number of rotatable bonds is 3. The van der Waals surface area contributed by atoms with Gasteiger partial charge in [0.2, 0.25) is 0 Å². The third-order valence-electron chi connectivity index (χ3n) is 5.26. The second-order valence-corrected chi connectivity index (χ2v) is 8.45. The Balaban J connectivity index is 1.47. The molecule has 1 saturated heterocycles. The van der Waals surface area contributed by atoms with Crippen molar-refractivity contribution in [3.05, 3.63) is 0 Å². The minimum absolute atomic E-state index is 0.316. The molecule has 4 atom stereocenters. The van der Waals surface area contributed by atoms with Crippen LogP contribution in [0.2, 0.25) is 0 Å². The summed E-state index contributed by atoms with van der Waals surface area (Å²) in [4.78, 5) is 13.7. The van der Waals surface area contributed by atoms with Crippen molar-refractivity contribution >= 4 is 6.09 Å². The molecular weight excluding hydrogens is 280 g/mol. The molecule has 3 fully saturated rings. The van der Waals surface area contributed by atoms with Crippen molar-refractivity contribution < 1.29 is 14.6 Å². The number of fused-ring (bicyclic) bond motifs is 1. The Morgan fingerprint density at radius 3 is 2.91 bits per heavy atom. The molecule has 5 heteroatoms. The molecule has 0 aromatic rings. The van der Waals surface area contributed by atoms with Gasteiger partial charge in [-0.15, -0.1) is 0 Å². The van der Waals surface area contributed by atoms with Gasteiger partial charge >= 0.3 is 6.09 Å². The Kier molecular flexibility index (Phi) is 4.14. The SMILES string of the molecule is CC(C)(C)OC(=O)N1CCC(O)(CNC2CCC[C@@H]3C[C@H]23)C1. The molecule has 0 spiro atoms. The summed E-state index contributed by atoms with van der Waals surface area (Å²) in [5.41, 5.74) is -1.29. The average molecular weight is 310 g/mol. The van der Waals surface area contributed by atoms with E-state index in [0.717, 1.165) is 11.8 Å². The topological polar surface area (TPSA) is 61.8 Å². The summed E-state index contributed by atoms with van der Waals surface area (Å²) < 4.78 is 5.39. The Bertz CT molecular complexity index is 434. The van der Waals surface area contributed by atoms with Gasteiger partial charge in [0.1, 0.15) is 5.60 Å². The summed E-state index contributed by atoms with van der Waals surface area (Å²) in [5, 5.41) is 14.3. The van der Waals surface area contributed by atoms with E-state index in [1.54, 1.807) is 4.90 Å². The van der Waals surface area contributed by atoms with Crippen LogP contribution in [0.1, 0.15) is 52.9 Å². The predicted octanol–water partition coefficient (Wildman–Crippen LogP) is 2.14. The summed E-state index contributed by atoms with van der Waals surface area (Å²) in [6.45, 7) is 7.12. The number of carbonyl (C=O) groups excluding carboxylic acids is 1. The van der Waals surface area contributed by atoms with Gasteiger partial charge in [-0.2, -0.15) is 0 Å². The van der Waals surface area contributed by atoms with Crippen LogP contribution in [0.15, 0.2) is 0 Å². The van der Waals surface area contributed by atoms with Gasteiger partial charge in [0, 0.05) is 19.1 Å². The summed E-state index contributed by atoms with van der Waals surface area (Å²) in [7, 11) is 0. The molecular formula is C17H30N2O3. The fourth-order valence-electron chi connectivity index (χ4n) is 3.97. The lowest BCUT2D eigenvalue weighted by molar-refractivity contribution is 0.0142. The number of carbonyl (C=O) groups is 1. The highest BCUT2D eigenvalue weighted by molar-refractivity contribution is 5.68. The lowest BCUT2D eigenvalue weighted by Gasteiger charge is -2.29. The number of ether oxygens (including phenoxy) is 1. The highest BCUT2D eigenvalue weighted by Crippen LogP contribution is 2.49. The zero-order valence-corrected chi connectivity index (χ0v) is 14.1. The van der Waals surface area contributed by atoms with E-state index < -0.39 is 11.2 Å². The maximum Gasteiger partial charge on any atom is 0.410 e. The van der Waals surface area contributed by atoms with Crippen molar-refractivity contribution in [1.82, 2.24) is 10.2 Å². The van der Waals surface area contributed by atoms with E-state index in [1.807, 2.05) is 20.8 Å². The number of amides is 1. The second kappa shape index (κ2) is 5.68. The predicted molar refractivity (Wildman–Crippen MR) is 84.6 cm³/mol. The molecule has 0 bridgehead atoms. The maximum absolute atomic E-state index is 12.1. The van der Waals surface area contributed by atoms with Crippen molar-refractivity contribution in [3.8, 4) is 0 Å². The smallest absolute Gasteiger partial charge is 0.410 e. The van der Waals surface area contributed by atoms with Gasteiger partial charge in [-0.1, -0.05) is 12.8 Å². The molecule has 2 aliphatic carbocycles. The zero-order chi connectivity index (χ0) is 16.0. The van der Waals surface area contributed by atoms with E-state index >= 15 is 0 Å². The van der Waals surface area contributed by atoms with E-state index in [2.05, 4.69) is 5.32 Å². The minimum atomic E-state index is -0.807. The van der Waals surface area contributed by atoms with Crippen LogP contribution in [0.25, 0.3) is 0 Å². The molecule has 0 aromatic carbocycles. The maximum atomic E-state index is 12.1. The summed E-state index contributed by atoms with van der Waals surface area (Å²) in [6, 6.07) is 0.568. The minimum Gasteiger partial charge on any atom is -0.444 e. The van der Waals surface area contributed by atoms with Crippen LogP contribution in [-0.4, -0.2) is 53.0 Å². The van der Waals surface area contributed by atoms with Gasteiger partial charge in [-0.3, -0.25) is 0 Å². The largest absolute Gasteiger partial charge is 0.444 e.